The monoisotopic (exact) mass is 404 g/mol. The topological polar surface area (TPSA) is 42.3 Å². The van der Waals surface area contributed by atoms with Crippen molar-refractivity contribution in [3.63, 3.8) is 0 Å². The SMILES string of the molecule is O=C1c2ccccc2C(=O)N1n1c(-c2ccc3ccccc3c2)cc2c1CCCC=C2. The van der Waals surface area contributed by atoms with Crippen molar-refractivity contribution in [1.82, 2.24) is 4.68 Å². The van der Waals surface area contributed by atoms with Crippen molar-refractivity contribution in [2.45, 2.75) is 19.3 Å². The fourth-order valence-corrected chi connectivity index (χ4v) is 4.69. The zero-order chi connectivity index (χ0) is 20.9. The molecule has 4 nitrogen and oxygen atoms in total. The van der Waals surface area contributed by atoms with Crippen LogP contribution < -0.4 is 5.01 Å². The molecule has 2 heterocycles. The van der Waals surface area contributed by atoms with E-state index in [0.29, 0.717) is 11.1 Å². The minimum Gasteiger partial charge on any atom is -0.267 e. The van der Waals surface area contributed by atoms with Gasteiger partial charge in [-0.05, 0) is 59.9 Å². The van der Waals surface area contributed by atoms with Crippen LogP contribution in [0.15, 0.2) is 78.9 Å². The summed E-state index contributed by atoms with van der Waals surface area (Å²) in [5.74, 6) is -0.538. The van der Waals surface area contributed by atoms with Crippen LogP contribution in [-0.2, 0) is 6.42 Å². The first kappa shape index (κ1) is 17.9. The van der Waals surface area contributed by atoms with E-state index in [4.69, 9.17) is 0 Å². The van der Waals surface area contributed by atoms with Crippen LogP contribution in [0.1, 0.15) is 44.8 Å². The highest BCUT2D eigenvalue weighted by Crippen LogP contribution is 2.34. The third-order valence-corrected chi connectivity index (χ3v) is 6.21. The average Bonchev–Trinajstić information content (AvgIpc) is 3.15. The molecule has 4 heteroatoms. The van der Waals surface area contributed by atoms with Crippen molar-refractivity contribution in [1.29, 1.82) is 0 Å². The molecule has 1 aliphatic carbocycles. The van der Waals surface area contributed by atoms with Crippen LogP contribution in [0.5, 0.6) is 0 Å². The molecule has 0 radical (unpaired) electrons. The van der Waals surface area contributed by atoms with Crippen LogP contribution in [-0.4, -0.2) is 16.5 Å². The van der Waals surface area contributed by atoms with E-state index in [-0.39, 0.29) is 11.8 Å². The Hall–Kier alpha value is -3.92. The van der Waals surface area contributed by atoms with Gasteiger partial charge >= 0.3 is 0 Å². The lowest BCUT2D eigenvalue weighted by Gasteiger charge is -2.22. The first-order valence-electron chi connectivity index (χ1n) is 10.6. The van der Waals surface area contributed by atoms with Crippen LogP contribution >= 0.6 is 0 Å². The maximum Gasteiger partial charge on any atom is 0.281 e. The lowest BCUT2D eigenvalue weighted by atomic mass is 10.0. The number of hydrogen-bond acceptors (Lipinski definition) is 2. The van der Waals surface area contributed by atoms with Crippen LogP contribution in [0, 0.1) is 0 Å². The normalized spacial score (nSPS) is 15.3. The highest BCUT2D eigenvalue weighted by atomic mass is 16.2. The number of nitrogens with zero attached hydrogens (tertiary/aromatic N) is 2. The van der Waals surface area contributed by atoms with Crippen molar-refractivity contribution in [3.8, 4) is 11.3 Å². The Morgan fingerprint density at radius 1 is 0.742 bits per heavy atom. The van der Waals surface area contributed by atoms with Gasteiger partial charge in [0.2, 0.25) is 0 Å². The molecule has 0 unspecified atom stereocenters. The predicted octanol–water partition coefficient (Wildman–Crippen LogP) is 5.59. The number of amides is 2. The number of fused-ring (bicyclic) bond motifs is 3. The van der Waals surface area contributed by atoms with Gasteiger partial charge in [0.05, 0.1) is 16.8 Å². The van der Waals surface area contributed by atoms with Crippen molar-refractivity contribution in [2.24, 2.45) is 0 Å². The molecule has 2 aliphatic rings. The predicted molar refractivity (Wildman–Crippen MR) is 123 cm³/mol. The van der Waals surface area contributed by atoms with Crippen molar-refractivity contribution in [3.05, 3.63) is 101 Å². The molecule has 150 valence electrons. The van der Waals surface area contributed by atoms with E-state index in [1.165, 1.54) is 5.01 Å². The number of imide groups is 1. The van der Waals surface area contributed by atoms with Crippen LogP contribution in [0.4, 0.5) is 0 Å². The van der Waals surface area contributed by atoms with Gasteiger partial charge in [-0.3, -0.25) is 9.59 Å². The van der Waals surface area contributed by atoms with Gasteiger partial charge in [0, 0.05) is 11.3 Å². The molecule has 2 amide bonds. The van der Waals surface area contributed by atoms with Gasteiger partial charge in [-0.2, -0.15) is 5.01 Å². The van der Waals surface area contributed by atoms with E-state index in [1.807, 2.05) is 16.8 Å². The molecule has 0 saturated carbocycles. The minimum atomic E-state index is -0.269. The molecular formula is C27H20N2O2. The number of rotatable bonds is 2. The van der Waals surface area contributed by atoms with Gasteiger partial charge in [-0.25, -0.2) is 4.68 Å². The molecule has 31 heavy (non-hydrogen) atoms. The van der Waals surface area contributed by atoms with Gasteiger partial charge in [0.25, 0.3) is 11.8 Å². The van der Waals surface area contributed by atoms with E-state index in [9.17, 15) is 9.59 Å². The Morgan fingerprint density at radius 3 is 2.23 bits per heavy atom. The number of hydrogen-bond donors (Lipinski definition) is 0. The van der Waals surface area contributed by atoms with Crippen molar-refractivity contribution < 1.29 is 9.59 Å². The summed E-state index contributed by atoms with van der Waals surface area (Å²) in [5.41, 5.74) is 4.84. The van der Waals surface area contributed by atoms with E-state index < -0.39 is 0 Å². The molecule has 0 atom stereocenters. The van der Waals surface area contributed by atoms with Crippen molar-refractivity contribution in [2.75, 3.05) is 5.01 Å². The van der Waals surface area contributed by atoms with E-state index >= 15 is 0 Å². The first-order valence-corrected chi connectivity index (χ1v) is 10.6. The quantitative estimate of drug-likeness (QED) is 0.409. The molecule has 0 fully saturated rings. The zero-order valence-electron chi connectivity index (χ0n) is 16.9. The number of aromatic nitrogens is 1. The fraction of sp³-hybridized carbons (Fsp3) is 0.111. The number of allylic oxidation sites excluding steroid dienone is 1. The van der Waals surface area contributed by atoms with Crippen molar-refractivity contribution >= 4 is 28.7 Å². The average molecular weight is 404 g/mol. The Balaban J connectivity index is 1.59. The van der Waals surface area contributed by atoms with Crippen LogP contribution in [0.3, 0.4) is 0 Å². The lowest BCUT2D eigenvalue weighted by Crippen LogP contribution is -2.41. The summed E-state index contributed by atoms with van der Waals surface area (Å²) >= 11 is 0. The molecule has 0 bridgehead atoms. The third kappa shape index (κ3) is 2.68. The Morgan fingerprint density at radius 2 is 1.45 bits per heavy atom. The standard InChI is InChI=1S/C27H20N2O2/c30-26-22-11-6-7-12-23(22)27(31)29(26)28-24-13-3-1-2-10-20(24)17-25(28)21-15-14-18-8-4-5-9-19(18)16-21/h2,4-12,14-17H,1,3,13H2. The fourth-order valence-electron chi connectivity index (χ4n) is 4.69. The molecule has 1 aromatic heterocycles. The maximum absolute atomic E-state index is 13.3. The minimum absolute atomic E-state index is 0.269. The third-order valence-electron chi connectivity index (χ3n) is 6.21. The summed E-state index contributed by atoms with van der Waals surface area (Å²) in [5, 5.41) is 3.61. The molecule has 0 N–H and O–H groups in total. The summed E-state index contributed by atoms with van der Waals surface area (Å²) < 4.78 is 1.86. The van der Waals surface area contributed by atoms with Crippen LogP contribution in [0.2, 0.25) is 0 Å². The molecule has 4 aromatic rings. The van der Waals surface area contributed by atoms with Gasteiger partial charge in [-0.1, -0.05) is 60.7 Å². The number of carbonyl (C=O) groups is 2. The van der Waals surface area contributed by atoms with Crippen LogP contribution in [0.25, 0.3) is 28.1 Å². The Bertz CT molecular complexity index is 1380. The van der Waals surface area contributed by atoms with E-state index in [1.54, 1.807) is 24.3 Å². The summed E-state index contributed by atoms with van der Waals surface area (Å²) in [7, 11) is 0. The molecule has 0 saturated heterocycles. The maximum atomic E-state index is 13.3. The molecule has 1 aliphatic heterocycles. The van der Waals surface area contributed by atoms with Gasteiger partial charge in [0.1, 0.15) is 0 Å². The second-order valence-corrected chi connectivity index (χ2v) is 8.07. The number of benzene rings is 3. The smallest absolute Gasteiger partial charge is 0.267 e. The van der Waals surface area contributed by atoms with Gasteiger partial charge in [-0.15, -0.1) is 0 Å². The van der Waals surface area contributed by atoms with E-state index in [2.05, 4.69) is 48.6 Å². The van der Waals surface area contributed by atoms with E-state index in [0.717, 1.165) is 52.5 Å². The lowest BCUT2D eigenvalue weighted by molar-refractivity contribution is 0.0885. The second kappa shape index (κ2) is 6.81. The Kier molecular flexibility index (Phi) is 3.93. The Labute approximate surface area is 180 Å². The summed E-state index contributed by atoms with van der Waals surface area (Å²) in [6.45, 7) is 0. The molecule has 0 spiro atoms. The summed E-state index contributed by atoms with van der Waals surface area (Å²) in [6, 6.07) is 23.7. The van der Waals surface area contributed by atoms with Gasteiger partial charge < -0.3 is 0 Å². The number of carbonyl (C=O) groups excluding carboxylic acids is 2. The molecule has 6 rings (SSSR count). The summed E-state index contributed by atoms with van der Waals surface area (Å²) in [6.07, 6.45) is 7.06. The summed E-state index contributed by atoms with van der Waals surface area (Å²) in [4.78, 5) is 26.7. The van der Waals surface area contributed by atoms with Gasteiger partial charge in [0.15, 0.2) is 0 Å². The highest BCUT2D eigenvalue weighted by Gasteiger charge is 2.39. The molecule has 3 aromatic carbocycles. The first-order chi connectivity index (χ1) is 15.2. The highest BCUT2D eigenvalue weighted by molar-refractivity contribution is 6.30. The largest absolute Gasteiger partial charge is 0.281 e. The molecular weight excluding hydrogens is 384 g/mol. The second-order valence-electron chi connectivity index (χ2n) is 8.07. The zero-order valence-corrected chi connectivity index (χ0v) is 16.9.